The van der Waals surface area contributed by atoms with E-state index < -0.39 is 0 Å². The fourth-order valence-electron chi connectivity index (χ4n) is 3.25. The topological polar surface area (TPSA) is 15.7 Å². The van der Waals surface area contributed by atoms with Gasteiger partial charge >= 0.3 is 0 Å². The first-order valence-electron chi connectivity index (χ1n) is 8.16. The second-order valence-electron chi connectivity index (χ2n) is 6.04. The zero-order chi connectivity index (χ0) is 14.5. The summed E-state index contributed by atoms with van der Waals surface area (Å²) in [5.41, 5.74) is 1.90. The summed E-state index contributed by atoms with van der Waals surface area (Å²) in [4.78, 5) is 4.59. The number of rotatable bonds is 5. The van der Waals surface area contributed by atoms with Crippen LogP contribution < -0.4 is 4.90 Å². The van der Waals surface area contributed by atoms with Crippen LogP contribution in [-0.4, -0.2) is 50.8 Å². The second kappa shape index (κ2) is 7.23. The van der Waals surface area contributed by atoms with Gasteiger partial charge in [-0.3, -0.25) is 4.90 Å². The Morgan fingerprint density at radius 3 is 2.52 bits per heavy atom. The molecule has 0 spiro atoms. The first kappa shape index (κ1) is 14.8. The molecule has 0 N–H and O–H groups in total. The van der Waals surface area contributed by atoms with Gasteiger partial charge in [0.15, 0.2) is 0 Å². The Labute approximate surface area is 126 Å². The third-order valence-electron chi connectivity index (χ3n) is 4.50. The quantitative estimate of drug-likeness (QED) is 0.830. The van der Waals surface area contributed by atoms with Crippen molar-refractivity contribution in [3.05, 3.63) is 29.6 Å². The third kappa shape index (κ3) is 3.95. The van der Waals surface area contributed by atoms with Crippen molar-refractivity contribution in [3.8, 4) is 0 Å². The first-order valence-corrected chi connectivity index (χ1v) is 8.16. The van der Waals surface area contributed by atoms with Gasteiger partial charge in [-0.05, 0) is 49.9 Å². The van der Waals surface area contributed by atoms with Crippen LogP contribution in [0, 0.1) is 5.82 Å². The summed E-state index contributed by atoms with van der Waals surface area (Å²) in [6.45, 7) is 6.82. The molecule has 0 aromatic heterocycles. The van der Waals surface area contributed by atoms with E-state index in [0.717, 1.165) is 70.0 Å². The summed E-state index contributed by atoms with van der Waals surface area (Å²) in [6, 6.07) is 5.79. The predicted molar refractivity (Wildman–Crippen MR) is 83.4 cm³/mol. The second-order valence-corrected chi connectivity index (χ2v) is 6.04. The lowest BCUT2D eigenvalue weighted by molar-refractivity contribution is 0.0374. The summed E-state index contributed by atoms with van der Waals surface area (Å²) in [5, 5.41) is 0. The fraction of sp³-hybridized carbons (Fsp3) is 0.647. The smallest absolute Gasteiger partial charge is 0.146 e. The lowest BCUT2D eigenvalue weighted by atomic mass is 10.1. The minimum atomic E-state index is -0.0548. The van der Waals surface area contributed by atoms with Crippen LogP contribution >= 0.6 is 0 Å². The molecule has 0 unspecified atom stereocenters. The Bertz CT molecular complexity index is 454. The molecule has 2 fully saturated rings. The van der Waals surface area contributed by atoms with Gasteiger partial charge in [0, 0.05) is 26.2 Å². The maximum Gasteiger partial charge on any atom is 0.146 e. The molecule has 2 heterocycles. The molecule has 1 aromatic rings. The largest absolute Gasteiger partial charge is 0.379 e. The van der Waals surface area contributed by atoms with E-state index in [1.165, 1.54) is 12.8 Å². The number of benzene rings is 1. The minimum absolute atomic E-state index is 0.0548. The van der Waals surface area contributed by atoms with Gasteiger partial charge in [-0.25, -0.2) is 4.39 Å². The molecule has 2 aliphatic rings. The van der Waals surface area contributed by atoms with Crippen molar-refractivity contribution in [1.29, 1.82) is 0 Å². The predicted octanol–water partition coefficient (Wildman–Crippen LogP) is 2.69. The van der Waals surface area contributed by atoms with Gasteiger partial charge in [-0.2, -0.15) is 0 Å². The van der Waals surface area contributed by atoms with Crippen molar-refractivity contribution in [2.75, 3.05) is 50.8 Å². The zero-order valence-electron chi connectivity index (χ0n) is 12.7. The molecule has 0 atom stereocenters. The molecule has 2 aliphatic heterocycles. The lowest BCUT2D eigenvalue weighted by Crippen LogP contribution is -2.36. The van der Waals surface area contributed by atoms with Crippen LogP contribution in [0.25, 0.3) is 0 Å². The van der Waals surface area contributed by atoms with Crippen LogP contribution in [0.4, 0.5) is 10.1 Å². The highest BCUT2D eigenvalue weighted by Crippen LogP contribution is 2.24. The van der Waals surface area contributed by atoms with Gasteiger partial charge in [0.1, 0.15) is 5.82 Å². The van der Waals surface area contributed by atoms with Crippen LogP contribution in [0.5, 0.6) is 0 Å². The minimum Gasteiger partial charge on any atom is -0.379 e. The monoisotopic (exact) mass is 292 g/mol. The molecule has 0 radical (unpaired) electrons. The number of morpholine rings is 1. The molecule has 2 saturated heterocycles. The Morgan fingerprint density at radius 2 is 1.81 bits per heavy atom. The zero-order valence-corrected chi connectivity index (χ0v) is 12.7. The SMILES string of the molecule is Fc1cc(CCCN2CCOCC2)ccc1N1CCCC1. The number of hydrogen-bond acceptors (Lipinski definition) is 3. The average Bonchev–Trinajstić information content (AvgIpc) is 3.02. The van der Waals surface area contributed by atoms with E-state index in [9.17, 15) is 4.39 Å². The summed E-state index contributed by atoms with van der Waals surface area (Å²) < 4.78 is 19.6. The number of halogens is 1. The van der Waals surface area contributed by atoms with Crippen LogP contribution in [0.3, 0.4) is 0 Å². The molecular weight excluding hydrogens is 267 g/mol. The van der Waals surface area contributed by atoms with Gasteiger partial charge in [0.05, 0.1) is 18.9 Å². The summed E-state index contributed by atoms with van der Waals surface area (Å²) in [7, 11) is 0. The van der Waals surface area contributed by atoms with Gasteiger partial charge < -0.3 is 9.64 Å². The van der Waals surface area contributed by atoms with E-state index in [1.54, 1.807) is 6.07 Å². The van der Waals surface area contributed by atoms with Crippen molar-refractivity contribution in [3.63, 3.8) is 0 Å². The Kier molecular flexibility index (Phi) is 5.09. The summed E-state index contributed by atoms with van der Waals surface area (Å²) >= 11 is 0. The standard InChI is InChI=1S/C17H25FN2O/c18-16-14-15(4-3-7-19-10-12-21-13-11-19)5-6-17(16)20-8-1-2-9-20/h5-6,14H,1-4,7-13H2. The highest BCUT2D eigenvalue weighted by atomic mass is 19.1. The van der Waals surface area contributed by atoms with E-state index >= 15 is 0 Å². The third-order valence-corrected chi connectivity index (χ3v) is 4.50. The molecule has 0 saturated carbocycles. The lowest BCUT2D eigenvalue weighted by Gasteiger charge is -2.26. The Morgan fingerprint density at radius 1 is 1.05 bits per heavy atom. The highest BCUT2D eigenvalue weighted by Gasteiger charge is 2.16. The van der Waals surface area contributed by atoms with Crippen LogP contribution in [0.15, 0.2) is 18.2 Å². The van der Waals surface area contributed by atoms with Crippen molar-refractivity contribution in [2.24, 2.45) is 0 Å². The molecule has 21 heavy (non-hydrogen) atoms. The molecule has 0 aliphatic carbocycles. The van der Waals surface area contributed by atoms with E-state index in [1.807, 2.05) is 6.07 Å². The summed E-state index contributed by atoms with van der Waals surface area (Å²) in [5.74, 6) is -0.0548. The van der Waals surface area contributed by atoms with Gasteiger partial charge in [-0.1, -0.05) is 6.07 Å². The molecule has 1 aromatic carbocycles. The maximum atomic E-state index is 14.2. The molecule has 0 bridgehead atoms. The van der Waals surface area contributed by atoms with E-state index in [4.69, 9.17) is 4.74 Å². The number of aryl methyl sites for hydroxylation is 1. The fourth-order valence-corrected chi connectivity index (χ4v) is 3.25. The average molecular weight is 292 g/mol. The molecular formula is C17H25FN2O. The first-order chi connectivity index (χ1) is 10.3. The van der Waals surface area contributed by atoms with Crippen molar-refractivity contribution in [1.82, 2.24) is 4.90 Å². The molecule has 3 nitrogen and oxygen atoms in total. The summed E-state index contributed by atoms with van der Waals surface area (Å²) in [6.07, 6.45) is 4.40. The molecule has 3 rings (SSSR count). The van der Waals surface area contributed by atoms with E-state index in [2.05, 4.69) is 15.9 Å². The van der Waals surface area contributed by atoms with Crippen LogP contribution in [0.2, 0.25) is 0 Å². The number of ether oxygens (including phenoxy) is 1. The van der Waals surface area contributed by atoms with E-state index in [-0.39, 0.29) is 5.82 Å². The van der Waals surface area contributed by atoms with Gasteiger partial charge in [-0.15, -0.1) is 0 Å². The van der Waals surface area contributed by atoms with Gasteiger partial charge in [0.25, 0.3) is 0 Å². The number of hydrogen-bond donors (Lipinski definition) is 0. The molecule has 116 valence electrons. The van der Waals surface area contributed by atoms with Crippen LogP contribution in [-0.2, 0) is 11.2 Å². The Hall–Kier alpha value is -1.13. The normalized spacial score (nSPS) is 20.1. The maximum absolute atomic E-state index is 14.2. The molecule has 0 amide bonds. The number of nitrogens with zero attached hydrogens (tertiary/aromatic N) is 2. The van der Waals surface area contributed by atoms with E-state index in [0.29, 0.717) is 0 Å². The Balaban J connectivity index is 1.50. The highest BCUT2D eigenvalue weighted by molar-refractivity contribution is 5.49. The van der Waals surface area contributed by atoms with Crippen molar-refractivity contribution in [2.45, 2.75) is 25.7 Å². The number of anilines is 1. The van der Waals surface area contributed by atoms with Crippen LogP contribution in [0.1, 0.15) is 24.8 Å². The molecule has 4 heteroatoms. The van der Waals surface area contributed by atoms with Gasteiger partial charge in [0.2, 0.25) is 0 Å². The van der Waals surface area contributed by atoms with Crippen molar-refractivity contribution < 1.29 is 9.13 Å². The van der Waals surface area contributed by atoms with Crippen molar-refractivity contribution >= 4 is 5.69 Å².